The minimum absolute atomic E-state index is 0.00410. The smallest absolute Gasteiger partial charge is 0.287 e. The Morgan fingerprint density at radius 1 is 1.14 bits per heavy atom. The second-order valence-corrected chi connectivity index (χ2v) is 4.64. The molecule has 0 radical (unpaired) electrons. The quantitative estimate of drug-likeness (QED) is 0.618. The number of hydrogen-bond acceptors (Lipinski definition) is 5. The zero-order valence-electron chi connectivity index (χ0n) is 12.5. The summed E-state index contributed by atoms with van der Waals surface area (Å²) in [4.78, 5) is 11.6. The van der Waals surface area contributed by atoms with E-state index in [0.29, 0.717) is 39.4 Å². The molecule has 1 aromatic heterocycles. The van der Waals surface area contributed by atoms with E-state index in [2.05, 4.69) is 0 Å². The molecule has 0 saturated carbocycles. The maximum absolute atomic E-state index is 13.2. The summed E-state index contributed by atoms with van der Waals surface area (Å²) in [5.74, 6) is -0.842. The molecule has 22 heavy (non-hydrogen) atoms. The van der Waals surface area contributed by atoms with Gasteiger partial charge in [0.15, 0.2) is 5.82 Å². The van der Waals surface area contributed by atoms with Crippen molar-refractivity contribution in [1.29, 1.82) is 5.26 Å². The molecule has 7 heteroatoms. The van der Waals surface area contributed by atoms with Crippen molar-refractivity contribution in [1.82, 2.24) is 4.57 Å². The van der Waals surface area contributed by atoms with Crippen LogP contribution in [-0.2, 0) is 16.0 Å². The van der Waals surface area contributed by atoms with Gasteiger partial charge in [0.1, 0.15) is 11.8 Å². The summed E-state index contributed by atoms with van der Waals surface area (Å²) in [6.45, 7) is 2.13. The number of nitriles is 1. The van der Waals surface area contributed by atoms with Gasteiger partial charge in [-0.15, -0.1) is 0 Å². The van der Waals surface area contributed by atoms with Crippen molar-refractivity contribution in [3.8, 4) is 6.07 Å². The number of rotatable bonds is 11. The Hall–Kier alpha value is -1.75. The number of hydrogen-bond donors (Lipinski definition) is 1. The van der Waals surface area contributed by atoms with Gasteiger partial charge in [0.25, 0.3) is 5.56 Å². The highest BCUT2D eigenvalue weighted by atomic mass is 19.1. The van der Waals surface area contributed by atoms with E-state index in [4.69, 9.17) is 19.8 Å². The summed E-state index contributed by atoms with van der Waals surface area (Å²) in [6.07, 6.45) is 2.29. The monoisotopic (exact) mass is 312 g/mol. The Morgan fingerprint density at radius 2 is 1.86 bits per heavy atom. The lowest BCUT2D eigenvalue weighted by Crippen LogP contribution is -2.25. The number of aliphatic hydroxyl groups excluding tert-OH is 1. The van der Waals surface area contributed by atoms with Gasteiger partial charge >= 0.3 is 0 Å². The standard InChI is InChI=1S/C15H21FN2O4/c16-14-5-4-13(12-17)18(15(14)20)6-2-1-3-8-21-10-11-22-9-7-19/h4-5,19H,1-3,6-11H2. The Kier molecular flexibility index (Phi) is 9.07. The lowest BCUT2D eigenvalue weighted by molar-refractivity contribution is 0.0320. The summed E-state index contributed by atoms with van der Waals surface area (Å²) in [5, 5.41) is 17.4. The van der Waals surface area contributed by atoms with E-state index in [1.807, 2.05) is 6.07 Å². The van der Waals surface area contributed by atoms with Crippen molar-refractivity contribution in [2.24, 2.45) is 0 Å². The second kappa shape index (κ2) is 10.9. The number of pyridine rings is 1. The normalized spacial score (nSPS) is 10.6. The molecule has 122 valence electrons. The molecule has 1 aromatic rings. The van der Waals surface area contributed by atoms with Crippen LogP contribution < -0.4 is 5.56 Å². The molecule has 1 heterocycles. The molecule has 0 aliphatic heterocycles. The maximum atomic E-state index is 13.2. The largest absolute Gasteiger partial charge is 0.394 e. The lowest BCUT2D eigenvalue weighted by atomic mass is 10.2. The van der Waals surface area contributed by atoms with Crippen LogP contribution in [0.25, 0.3) is 0 Å². The van der Waals surface area contributed by atoms with Gasteiger partial charge in [0.2, 0.25) is 0 Å². The van der Waals surface area contributed by atoms with Crippen LogP contribution in [0.2, 0.25) is 0 Å². The fraction of sp³-hybridized carbons (Fsp3) is 0.600. The summed E-state index contributed by atoms with van der Waals surface area (Å²) >= 11 is 0. The average molecular weight is 312 g/mol. The summed E-state index contributed by atoms with van der Waals surface area (Å²) in [5.41, 5.74) is -0.583. The van der Waals surface area contributed by atoms with Gasteiger partial charge in [-0.2, -0.15) is 5.26 Å². The first-order chi connectivity index (χ1) is 10.7. The molecule has 0 aliphatic carbocycles. The first-order valence-corrected chi connectivity index (χ1v) is 7.26. The van der Waals surface area contributed by atoms with Crippen LogP contribution in [0.5, 0.6) is 0 Å². The Balaban J connectivity index is 2.19. The van der Waals surface area contributed by atoms with Gasteiger partial charge in [-0.05, 0) is 31.4 Å². The average Bonchev–Trinajstić information content (AvgIpc) is 2.53. The minimum Gasteiger partial charge on any atom is -0.394 e. The number of halogens is 1. The van der Waals surface area contributed by atoms with Gasteiger partial charge < -0.3 is 14.6 Å². The first-order valence-electron chi connectivity index (χ1n) is 7.26. The molecule has 0 saturated heterocycles. The number of ether oxygens (including phenoxy) is 2. The highest BCUT2D eigenvalue weighted by molar-refractivity contribution is 5.21. The molecule has 0 amide bonds. The Labute approximate surface area is 128 Å². The number of aliphatic hydroxyl groups is 1. The van der Waals surface area contributed by atoms with Crippen molar-refractivity contribution in [2.45, 2.75) is 25.8 Å². The summed E-state index contributed by atoms with van der Waals surface area (Å²) < 4.78 is 24.7. The van der Waals surface area contributed by atoms with Crippen LogP contribution in [0.15, 0.2) is 16.9 Å². The van der Waals surface area contributed by atoms with E-state index in [1.165, 1.54) is 10.6 Å². The third kappa shape index (κ3) is 6.35. The molecule has 6 nitrogen and oxygen atoms in total. The molecule has 0 spiro atoms. The van der Waals surface area contributed by atoms with Crippen molar-refractivity contribution in [3.05, 3.63) is 34.0 Å². The predicted molar refractivity (Wildman–Crippen MR) is 77.9 cm³/mol. The van der Waals surface area contributed by atoms with Gasteiger partial charge in [-0.25, -0.2) is 4.39 Å². The van der Waals surface area contributed by atoms with Crippen molar-refractivity contribution >= 4 is 0 Å². The predicted octanol–water partition coefficient (Wildman–Crippen LogP) is 1.05. The number of unbranched alkanes of at least 4 members (excludes halogenated alkanes) is 2. The molecule has 0 unspecified atom stereocenters. The van der Waals surface area contributed by atoms with Crippen LogP contribution >= 0.6 is 0 Å². The van der Waals surface area contributed by atoms with Crippen molar-refractivity contribution in [2.75, 3.05) is 33.0 Å². The fourth-order valence-corrected chi connectivity index (χ4v) is 1.91. The molecule has 0 aliphatic rings. The topological polar surface area (TPSA) is 84.5 Å². The highest BCUT2D eigenvalue weighted by Crippen LogP contribution is 2.03. The number of aromatic nitrogens is 1. The summed E-state index contributed by atoms with van der Waals surface area (Å²) in [7, 11) is 0. The van der Waals surface area contributed by atoms with E-state index >= 15 is 0 Å². The van der Waals surface area contributed by atoms with Crippen LogP contribution in [0.4, 0.5) is 4.39 Å². The lowest BCUT2D eigenvalue weighted by Gasteiger charge is -2.08. The van der Waals surface area contributed by atoms with Crippen molar-refractivity contribution in [3.63, 3.8) is 0 Å². The van der Waals surface area contributed by atoms with E-state index in [9.17, 15) is 9.18 Å². The van der Waals surface area contributed by atoms with E-state index in [1.54, 1.807) is 0 Å². The third-order valence-electron chi connectivity index (χ3n) is 3.02. The van der Waals surface area contributed by atoms with Gasteiger partial charge in [-0.3, -0.25) is 9.36 Å². The zero-order valence-corrected chi connectivity index (χ0v) is 12.5. The van der Waals surface area contributed by atoms with Crippen LogP contribution in [0.3, 0.4) is 0 Å². The maximum Gasteiger partial charge on any atom is 0.287 e. The van der Waals surface area contributed by atoms with Gasteiger partial charge in [-0.1, -0.05) is 0 Å². The molecular formula is C15H21FN2O4. The second-order valence-electron chi connectivity index (χ2n) is 4.64. The summed E-state index contributed by atoms with van der Waals surface area (Å²) in [6, 6.07) is 4.22. The Bertz CT molecular complexity index is 539. The third-order valence-corrected chi connectivity index (χ3v) is 3.02. The minimum atomic E-state index is -0.842. The van der Waals surface area contributed by atoms with E-state index in [-0.39, 0.29) is 12.3 Å². The molecule has 0 atom stereocenters. The Morgan fingerprint density at radius 3 is 2.55 bits per heavy atom. The SMILES string of the molecule is N#Cc1ccc(F)c(=O)n1CCCCCOCCOCCO. The fourth-order valence-electron chi connectivity index (χ4n) is 1.91. The van der Waals surface area contributed by atoms with E-state index in [0.717, 1.165) is 18.9 Å². The van der Waals surface area contributed by atoms with Crippen LogP contribution in [-0.4, -0.2) is 42.7 Å². The zero-order chi connectivity index (χ0) is 16.2. The van der Waals surface area contributed by atoms with Crippen LogP contribution in [0.1, 0.15) is 25.0 Å². The highest BCUT2D eigenvalue weighted by Gasteiger charge is 2.07. The number of nitrogens with zero attached hydrogens (tertiary/aromatic N) is 2. The molecule has 1 rings (SSSR count). The first kappa shape index (κ1) is 18.3. The van der Waals surface area contributed by atoms with Crippen molar-refractivity contribution < 1.29 is 19.0 Å². The molecule has 1 N–H and O–H groups in total. The van der Waals surface area contributed by atoms with Gasteiger partial charge in [0.05, 0.1) is 26.4 Å². The van der Waals surface area contributed by atoms with Crippen LogP contribution in [0, 0.1) is 17.1 Å². The molecule has 0 bridgehead atoms. The molecule has 0 aromatic carbocycles. The van der Waals surface area contributed by atoms with Gasteiger partial charge in [0, 0.05) is 13.2 Å². The molecular weight excluding hydrogens is 291 g/mol. The molecule has 0 fully saturated rings. The van der Waals surface area contributed by atoms with E-state index < -0.39 is 11.4 Å².